The monoisotopic (exact) mass is 296 g/mol. The fraction of sp³-hybridized carbons (Fsp3) is 0.615. The fourth-order valence-corrected chi connectivity index (χ4v) is 2.86. The Hall–Kier alpha value is -1.40. The Labute approximate surface area is 122 Å². The topological polar surface area (TPSA) is 58.6 Å². The van der Waals surface area contributed by atoms with Crippen LogP contribution in [0.25, 0.3) is 0 Å². The normalized spacial score (nSPS) is 22.9. The maximum atomic E-state index is 12.2. The molecule has 2 aliphatic rings. The van der Waals surface area contributed by atoms with Crippen molar-refractivity contribution >= 4 is 23.3 Å². The van der Waals surface area contributed by atoms with Crippen LogP contribution in [0.2, 0.25) is 5.28 Å². The molecule has 1 amide bonds. The lowest BCUT2D eigenvalue weighted by molar-refractivity contribution is 0.0773. The van der Waals surface area contributed by atoms with Gasteiger partial charge in [-0.25, -0.2) is 9.97 Å². The Morgan fingerprint density at radius 2 is 2.15 bits per heavy atom. The van der Waals surface area contributed by atoms with Crippen LogP contribution in [0.4, 0.5) is 5.82 Å². The van der Waals surface area contributed by atoms with Gasteiger partial charge in [0.2, 0.25) is 5.28 Å². The number of hydrogen-bond donors (Lipinski definition) is 0. The van der Waals surface area contributed by atoms with Crippen LogP contribution in [-0.2, 0) is 11.2 Å². The Kier molecular flexibility index (Phi) is 3.52. The van der Waals surface area contributed by atoms with E-state index in [1.54, 1.807) is 11.9 Å². The molecule has 1 aromatic rings. The van der Waals surface area contributed by atoms with Crippen molar-refractivity contribution in [2.45, 2.75) is 19.4 Å². The molecule has 6 nitrogen and oxygen atoms in total. The van der Waals surface area contributed by atoms with Gasteiger partial charge >= 0.3 is 0 Å². The first kappa shape index (κ1) is 13.6. The molecule has 0 bridgehead atoms. The minimum Gasteiger partial charge on any atom is -0.377 e. The Bertz CT molecular complexity index is 551. The highest BCUT2D eigenvalue weighted by molar-refractivity contribution is 6.28. The van der Waals surface area contributed by atoms with Crippen LogP contribution >= 0.6 is 11.6 Å². The summed E-state index contributed by atoms with van der Waals surface area (Å²) >= 11 is 6.01. The predicted octanol–water partition coefficient (Wildman–Crippen LogP) is 0.983. The molecule has 0 spiro atoms. The number of carbonyl (C=O) groups excluding carboxylic acids is 1. The SMILES string of the molecule is CC1COCCN1c1nc(Cl)nc2c1CCN(C)C2=O. The summed E-state index contributed by atoms with van der Waals surface area (Å²) < 4.78 is 5.45. The van der Waals surface area contributed by atoms with Crippen LogP contribution in [0, 0.1) is 0 Å². The van der Waals surface area contributed by atoms with Gasteiger partial charge in [-0.2, -0.15) is 0 Å². The third kappa shape index (κ3) is 2.23. The van der Waals surface area contributed by atoms with E-state index in [1.807, 2.05) is 0 Å². The standard InChI is InChI=1S/C13H17ClN4O2/c1-8-7-20-6-5-18(8)11-9-3-4-17(2)12(19)10(9)15-13(14)16-11/h8H,3-7H2,1-2H3. The van der Waals surface area contributed by atoms with Crippen molar-refractivity contribution in [3.63, 3.8) is 0 Å². The number of amides is 1. The molecule has 1 fully saturated rings. The summed E-state index contributed by atoms with van der Waals surface area (Å²) in [5.74, 6) is 0.704. The van der Waals surface area contributed by atoms with E-state index in [0.717, 1.165) is 24.3 Å². The van der Waals surface area contributed by atoms with Gasteiger partial charge in [0.05, 0.1) is 19.3 Å². The number of aromatic nitrogens is 2. The van der Waals surface area contributed by atoms with Crippen LogP contribution < -0.4 is 4.90 Å². The van der Waals surface area contributed by atoms with Gasteiger partial charge in [-0.1, -0.05) is 0 Å². The molecule has 1 aromatic heterocycles. The zero-order valence-electron chi connectivity index (χ0n) is 11.6. The average Bonchev–Trinajstić information content (AvgIpc) is 2.43. The second-order valence-corrected chi connectivity index (χ2v) is 5.58. The summed E-state index contributed by atoms with van der Waals surface area (Å²) in [7, 11) is 1.78. The number of nitrogens with zero attached hydrogens (tertiary/aromatic N) is 4. The van der Waals surface area contributed by atoms with Gasteiger partial charge in [0.1, 0.15) is 11.5 Å². The molecule has 108 valence electrons. The van der Waals surface area contributed by atoms with Crippen molar-refractivity contribution in [1.82, 2.24) is 14.9 Å². The van der Waals surface area contributed by atoms with Gasteiger partial charge in [-0.3, -0.25) is 4.79 Å². The third-order valence-corrected chi connectivity index (χ3v) is 4.01. The number of likely N-dealkylation sites (N-methyl/N-ethyl adjacent to an activating group) is 1. The molecule has 1 atom stereocenters. The zero-order valence-corrected chi connectivity index (χ0v) is 12.4. The molecule has 3 rings (SSSR count). The fourth-order valence-electron chi connectivity index (χ4n) is 2.69. The molecule has 0 saturated carbocycles. The number of rotatable bonds is 1. The van der Waals surface area contributed by atoms with E-state index in [9.17, 15) is 4.79 Å². The minimum absolute atomic E-state index is 0.0855. The van der Waals surface area contributed by atoms with Crippen molar-refractivity contribution < 1.29 is 9.53 Å². The van der Waals surface area contributed by atoms with Crippen molar-refractivity contribution in [3.8, 4) is 0 Å². The van der Waals surface area contributed by atoms with Crippen molar-refractivity contribution in [1.29, 1.82) is 0 Å². The van der Waals surface area contributed by atoms with Gasteiger partial charge in [-0.05, 0) is 24.9 Å². The summed E-state index contributed by atoms with van der Waals surface area (Å²) in [6.45, 7) is 4.84. The van der Waals surface area contributed by atoms with E-state index < -0.39 is 0 Å². The molecule has 0 aromatic carbocycles. The van der Waals surface area contributed by atoms with Crippen LogP contribution in [0.1, 0.15) is 23.0 Å². The summed E-state index contributed by atoms with van der Waals surface area (Å²) in [4.78, 5) is 24.6. The number of morpholine rings is 1. The number of carbonyl (C=O) groups is 1. The molecule has 1 unspecified atom stereocenters. The van der Waals surface area contributed by atoms with E-state index in [2.05, 4.69) is 21.8 Å². The molecule has 2 aliphatic heterocycles. The maximum absolute atomic E-state index is 12.2. The molecule has 7 heteroatoms. The second-order valence-electron chi connectivity index (χ2n) is 5.24. The first-order chi connectivity index (χ1) is 9.58. The second kappa shape index (κ2) is 5.18. The van der Waals surface area contributed by atoms with Crippen LogP contribution in [0.3, 0.4) is 0 Å². The van der Waals surface area contributed by atoms with Gasteiger partial charge in [0.25, 0.3) is 5.91 Å². The third-order valence-electron chi connectivity index (χ3n) is 3.84. The van der Waals surface area contributed by atoms with Crippen LogP contribution in [0.15, 0.2) is 0 Å². The number of anilines is 1. The number of ether oxygens (including phenoxy) is 1. The number of fused-ring (bicyclic) bond motifs is 1. The Balaban J connectivity index is 2.07. The molecule has 3 heterocycles. The summed E-state index contributed by atoms with van der Waals surface area (Å²) in [5, 5.41) is 0.126. The number of halogens is 1. The average molecular weight is 297 g/mol. The highest BCUT2D eigenvalue weighted by Crippen LogP contribution is 2.29. The Morgan fingerprint density at radius 3 is 2.90 bits per heavy atom. The molecule has 0 radical (unpaired) electrons. The highest BCUT2D eigenvalue weighted by atomic mass is 35.5. The molecular formula is C13H17ClN4O2. The molecule has 0 aliphatic carbocycles. The lowest BCUT2D eigenvalue weighted by atomic mass is 10.0. The Morgan fingerprint density at radius 1 is 1.35 bits per heavy atom. The lowest BCUT2D eigenvalue weighted by Gasteiger charge is -2.36. The van der Waals surface area contributed by atoms with Crippen molar-refractivity contribution in [3.05, 3.63) is 16.5 Å². The highest BCUT2D eigenvalue weighted by Gasteiger charge is 2.31. The summed E-state index contributed by atoms with van der Waals surface area (Å²) in [6, 6.07) is 0.216. The van der Waals surface area contributed by atoms with E-state index >= 15 is 0 Å². The maximum Gasteiger partial charge on any atom is 0.272 e. The summed E-state index contributed by atoms with van der Waals surface area (Å²) in [5.41, 5.74) is 1.35. The smallest absolute Gasteiger partial charge is 0.272 e. The van der Waals surface area contributed by atoms with Gasteiger partial charge in [-0.15, -0.1) is 0 Å². The zero-order chi connectivity index (χ0) is 14.3. The first-order valence-corrected chi connectivity index (χ1v) is 7.12. The first-order valence-electron chi connectivity index (χ1n) is 6.74. The van der Waals surface area contributed by atoms with Crippen LogP contribution in [-0.4, -0.2) is 60.2 Å². The van der Waals surface area contributed by atoms with Crippen molar-refractivity contribution in [2.75, 3.05) is 38.3 Å². The lowest BCUT2D eigenvalue weighted by Crippen LogP contribution is -2.46. The minimum atomic E-state index is -0.0855. The summed E-state index contributed by atoms with van der Waals surface area (Å²) in [6.07, 6.45) is 0.758. The van der Waals surface area contributed by atoms with Gasteiger partial charge in [0, 0.05) is 25.7 Å². The van der Waals surface area contributed by atoms with E-state index in [0.29, 0.717) is 25.5 Å². The quantitative estimate of drug-likeness (QED) is 0.723. The molecule has 20 heavy (non-hydrogen) atoms. The van der Waals surface area contributed by atoms with E-state index in [4.69, 9.17) is 16.3 Å². The molecular weight excluding hydrogens is 280 g/mol. The predicted molar refractivity (Wildman–Crippen MR) is 75.3 cm³/mol. The molecule has 0 N–H and O–H groups in total. The van der Waals surface area contributed by atoms with Gasteiger partial charge < -0.3 is 14.5 Å². The van der Waals surface area contributed by atoms with Crippen LogP contribution in [0.5, 0.6) is 0 Å². The van der Waals surface area contributed by atoms with Crippen molar-refractivity contribution in [2.24, 2.45) is 0 Å². The van der Waals surface area contributed by atoms with Gasteiger partial charge in [0.15, 0.2) is 0 Å². The van der Waals surface area contributed by atoms with E-state index in [1.165, 1.54) is 0 Å². The molecule has 1 saturated heterocycles. The number of hydrogen-bond acceptors (Lipinski definition) is 5. The largest absolute Gasteiger partial charge is 0.377 e. The van der Waals surface area contributed by atoms with E-state index in [-0.39, 0.29) is 17.2 Å².